The first kappa shape index (κ1) is 47.7. The summed E-state index contributed by atoms with van der Waals surface area (Å²) in [4.78, 5) is 42.7. The lowest BCUT2D eigenvalue weighted by Gasteiger charge is -2.18. The summed E-state index contributed by atoms with van der Waals surface area (Å²) in [5.74, 6) is -0.978. The minimum Gasteiger partial charge on any atom is -0.462 e. The number of allylic oxidation sites excluding steroid dienone is 8. The van der Waals surface area contributed by atoms with Crippen molar-refractivity contribution in [3.63, 3.8) is 0 Å². The lowest BCUT2D eigenvalue weighted by molar-refractivity contribution is -0.161. The molecule has 0 saturated heterocycles. The van der Waals surface area contributed by atoms with Crippen molar-refractivity contribution in [2.75, 3.05) is 13.2 Å². The Kier molecular flexibility index (Phi) is 33.5. The molecule has 0 aliphatic heterocycles. The van der Waals surface area contributed by atoms with Crippen LogP contribution in [0.5, 0.6) is 0 Å². The highest BCUT2D eigenvalue weighted by Gasteiger charge is 2.22. The fourth-order valence-corrected chi connectivity index (χ4v) is 5.38. The molecular weight excluding hydrogens is 655 g/mol. The molecule has 1 unspecified atom stereocenters. The van der Waals surface area contributed by atoms with Crippen LogP contribution < -0.4 is 0 Å². The maximum atomic E-state index is 12.3. The molecule has 10 heteroatoms. The van der Waals surface area contributed by atoms with Gasteiger partial charge in [-0.3, -0.25) is 14.1 Å². The highest BCUT2D eigenvalue weighted by atomic mass is 31.2. The van der Waals surface area contributed by atoms with Crippen molar-refractivity contribution in [1.82, 2.24) is 0 Å². The number of hydrogen-bond acceptors (Lipinski definition) is 7. The summed E-state index contributed by atoms with van der Waals surface area (Å²) in [5, 5.41) is 9.73. The lowest BCUT2D eigenvalue weighted by Crippen LogP contribution is -2.29. The van der Waals surface area contributed by atoms with Crippen LogP contribution in [0.3, 0.4) is 0 Å². The number of rotatable bonds is 34. The quantitative estimate of drug-likeness (QED) is 0.0194. The van der Waals surface area contributed by atoms with Gasteiger partial charge in [-0.25, -0.2) is 4.57 Å². The van der Waals surface area contributed by atoms with Gasteiger partial charge in [0.25, 0.3) is 0 Å². The first-order valence-electron chi connectivity index (χ1n) is 19.2. The smallest absolute Gasteiger partial charge is 0.462 e. The van der Waals surface area contributed by atoms with Gasteiger partial charge < -0.3 is 24.4 Å². The highest BCUT2D eigenvalue weighted by Crippen LogP contribution is 2.36. The number of phosphoric ester groups is 1. The molecule has 0 aliphatic carbocycles. The van der Waals surface area contributed by atoms with E-state index in [0.717, 1.165) is 38.5 Å². The van der Waals surface area contributed by atoms with E-state index in [9.17, 15) is 19.3 Å². The van der Waals surface area contributed by atoms with Crippen LogP contribution in [0, 0.1) is 0 Å². The van der Waals surface area contributed by atoms with Crippen molar-refractivity contribution in [3.8, 4) is 0 Å². The van der Waals surface area contributed by atoms with Crippen molar-refractivity contribution in [2.45, 2.75) is 167 Å². The molecule has 0 aromatic rings. The van der Waals surface area contributed by atoms with E-state index in [2.05, 4.69) is 23.6 Å². The van der Waals surface area contributed by atoms with Gasteiger partial charge in [-0.2, -0.15) is 0 Å². The van der Waals surface area contributed by atoms with E-state index in [0.29, 0.717) is 25.7 Å². The molecular formula is C40H69O9P. The van der Waals surface area contributed by atoms with Crippen molar-refractivity contribution in [2.24, 2.45) is 0 Å². The van der Waals surface area contributed by atoms with Gasteiger partial charge >= 0.3 is 19.8 Å². The van der Waals surface area contributed by atoms with E-state index in [-0.39, 0.29) is 19.4 Å². The van der Waals surface area contributed by atoms with Crippen LogP contribution >= 0.6 is 7.82 Å². The molecule has 9 nitrogen and oxygen atoms in total. The Morgan fingerprint density at radius 2 is 1.18 bits per heavy atom. The third-order valence-corrected chi connectivity index (χ3v) is 8.36. The summed E-state index contributed by atoms with van der Waals surface area (Å²) in [6.45, 7) is 3.39. The molecule has 0 rings (SSSR count). The molecule has 3 N–H and O–H groups in total. The van der Waals surface area contributed by atoms with Gasteiger partial charge in [-0.15, -0.1) is 0 Å². The first-order valence-corrected chi connectivity index (χ1v) is 20.7. The Labute approximate surface area is 303 Å². The predicted octanol–water partition coefficient (Wildman–Crippen LogP) is 10.3. The summed E-state index contributed by atoms with van der Waals surface area (Å²) in [7, 11) is -4.78. The molecule has 0 heterocycles. The number of esters is 2. The lowest BCUT2D eigenvalue weighted by atomic mass is 10.0. The second-order valence-corrected chi connectivity index (χ2v) is 14.0. The van der Waals surface area contributed by atoms with Gasteiger partial charge in [0, 0.05) is 12.8 Å². The molecule has 288 valence electrons. The number of aliphatic hydroxyl groups excluding tert-OH is 1. The van der Waals surface area contributed by atoms with Crippen LogP contribution in [0.1, 0.15) is 155 Å². The molecule has 0 fully saturated rings. The average Bonchev–Trinajstić information content (AvgIpc) is 3.08. The molecule has 0 aromatic heterocycles. The monoisotopic (exact) mass is 724 g/mol. The van der Waals surface area contributed by atoms with E-state index in [1.807, 2.05) is 55.5 Å². The largest absolute Gasteiger partial charge is 0.469 e. The normalized spacial score (nSPS) is 13.8. The maximum absolute atomic E-state index is 12.3. The van der Waals surface area contributed by atoms with E-state index < -0.39 is 38.6 Å². The fourth-order valence-electron chi connectivity index (χ4n) is 5.02. The number of unbranched alkanes of at least 4 members (excludes halogenated alkanes) is 14. The second kappa shape index (κ2) is 35.1. The Morgan fingerprint density at radius 3 is 1.78 bits per heavy atom. The third kappa shape index (κ3) is 37.0. The minimum absolute atomic E-state index is 0.115. The van der Waals surface area contributed by atoms with Gasteiger partial charge in [-0.1, -0.05) is 158 Å². The second-order valence-electron chi connectivity index (χ2n) is 12.7. The summed E-state index contributed by atoms with van der Waals surface area (Å²) in [5.41, 5.74) is 0. The molecule has 2 atom stereocenters. The van der Waals surface area contributed by atoms with E-state index in [1.165, 1.54) is 64.2 Å². The zero-order chi connectivity index (χ0) is 37.0. The van der Waals surface area contributed by atoms with Gasteiger partial charge in [0.1, 0.15) is 6.61 Å². The Hall–Kier alpha value is -2.29. The minimum atomic E-state index is -4.78. The van der Waals surface area contributed by atoms with Crippen LogP contribution in [-0.2, 0) is 28.2 Å². The zero-order valence-electron chi connectivity index (χ0n) is 31.1. The summed E-state index contributed by atoms with van der Waals surface area (Å²) in [6, 6.07) is 0. The number of aliphatic hydroxyl groups is 1. The van der Waals surface area contributed by atoms with Crippen LogP contribution in [0.4, 0.5) is 0 Å². The average molecular weight is 725 g/mol. The number of phosphoric acid groups is 1. The topological polar surface area (TPSA) is 140 Å². The SMILES string of the molecule is CC/C=C\C(O)C/C=C/C=C\C/C=C\C/C=C\CCCC(=O)O[C@H](COC(=O)CCCCCCCCCCCCCCCC)COP(=O)(O)O. The Morgan fingerprint density at radius 1 is 0.640 bits per heavy atom. The molecule has 0 aromatic carbocycles. The fraction of sp³-hybridized carbons (Fsp3) is 0.700. The number of hydrogen-bond donors (Lipinski definition) is 3. The van der Waals surface area contributed by atoms with E-state index in [1.54, 1.807) is 0 Å². The van der Waals surface area contributed by atoms with Crippen molar-refractivity contribution in [1.29, 1.82) is 0 Å². The van der Waals surface area contributed by atoms with Gasteiger partial charge in [0.15, 0.2) is 6.10 Å². The number of carbonyl (C=O) groups is 2. The molecule has 0 radical (unpaired) electrons. The van der Waals surface area contributed by atoms with Crippen LogP contribution in [0.15, 0.2) is 60.8 Å². The molecule has 0 aliphatic rings. The molecule has 50 heavy (non-hydrogen) atoms. The van der Waals surface area contributed by atoms with Crippen LogP contribution in [-0.4, -0.2) is 52.3 Å². The van der Waals surface area contributed by atoms with Crippen molar-refractivity contribution >= 4 is 19.8 Å². The van der Waals surface area contributed by atoms with Crippen molar-refractivity contribution < 1.29 is 43.0 Å². The third-order valence-electron chi connectivity index (χ3n) is 7.88. The van der Waals surface area contributed by atoms with Gasteiger partial charge in [0.2, 0.25) is 0 Å². The van der Waals surface area contributed by atoms with E-state index >= 15 is 0 Å². The number of ether oxygens (including phenoxy) is 2. The maximum Gasteiger partial charge on any atom is 0.469 e. The molecule has 0 saturated carbocycles. The van der Waals surface area contributed by atoms with Gasteiger partial charge in [-0.05, 0) is 44.9 Å². The molecule has 0 amide bonds. The Bertz CT molecular complexity index is 1010. The first-order chi connectivity index (χ1) is 24.2. The Balaban J connectivity index is 4.11. The summed E-state index contributed by atoms with van der Waals surface area (Å²) < 4.78 is 26.2. The number of carbonyl (C=O) groups excluding carboxylic acids is 2. The predicted molar refractivity (Wildman–Crippen MR) is 203 cm³/mol. The standard InChI is InChI=1S/C40H69O9P/c1-3-5-7-8-9-10-11-12-13-17-20-23-26-29-33-39(42)47-35-38(36-48-50(44,45)46)49-40(43)34-30-27-24-21-18-15-14-16-19-22-25-28-32-37(41)31-6-4-2/h6,14-15,19,21-22,24-25,28,31,37-38,41H,3-5,7-13,16-18,20,23,26-27,29-30,32-36H2,1-2H3,(H2,44,45,46)/b15-14-,22-19-,24-21-,28-25+,31-6-/t37?,38-/m1/s1. The summed E-state index contributed by atoms with van der Waals surface area (Å²) in [6.07, 6.45) is 40.0. The highest BCUT2D eigenvalue weighted by molar-refractivity contribution is 7.46. The van der Waals surface area contributed by atoms with Gasteiger partial charge in [0.05, 0.1) is 12.7 Å². The van der Waals surface area contributed by atoms with Crippen LogP contribution in [0.2, 0.25) is 0 Å². The molecule has 0 bridgehead atoms. The van der Waals surface area contributed by atoms with Crippen molar-refractivity contribution in [3.05, 3.63) is 60.8 Å². The van der Waals surface area contributed by atoms with E-state index in [4.69, 9.17) is 19.3 Å². The van der Waals surface area contributed by atoms with Crippen LogP contribution in [0.25, 0.3) is 0 Å². The summed E-state index contributed by atoms with van der Waals surface area (Å²) >= 11 is 0. The molecule has 0 spiro atoms. The zero-order valence-corrected chi connectivity index (χ0v) is 32.0.